The Morgan fingerprint density at radius 2 is 1.63 bits per heavy atom. The average molecular weight is 517 g/mol. The molecule has 1 aliphatic rings. The van der Waals surface area contributed by atoms with Crippen molar-refractivity contribution in [3.8, 4) is 0 Å². The molecule has 1 saturated heterocycles. The van der Waals surface area contributed by atoms with E-state index in [0.29, 0.717) is 18.7 Å². The number of hydrogen-bond donors (Lipinski definition) is 3. The molecule has 2 heterocycles. The second-order valence-electron chi connectivity index (χ2n) is 10.3. The maximum absolute atomic E-state index is 13.5. The van der Waals surface area contributed by atoms with Crippen LogP contribution in [0.3, 0.4) is 0 Å². The summed E-state index contributed by atoms with van der Waals surface area (Å²) in [6.45, 7) is 4.66. The van der Waals surface area contributed by atoms with E-state index in [1.807, 2.05) is 65.6 Å². The third kappa shape index (κ3) is 6.86. The lowest BCUT2D eigenvalue weighted by molar-refractivity contribution is -0.132. The molecule has 0 spiro atoms. The molecule has 3 aromatic rings. The van der Waals surface area contributed by atoms with E-state index in [1.165, 1.54) is 0 Å². The van der Waals surface area contributed by atoms with Crippen molar-refractivity contribution in [3.63, 3.8) is 0 Å². The summed E-state index contributed by atoms with van der Waals surface area (Å²) >= 11 is 0. The van der Waals surface area contributed by atoms with Crippen molar-refractivity contribution in [3.05, 3.63) is 84.3 Å². The van der Waals surface area contributed by atoms with Crippen molar-refractivity contribution in [2.24, 2.45) is 5.73 Å². The molecule has 1 unspecified atom stereocenters. The molecule has 200 valence electrons. The van der Waals surface area contributed by atoms with Crippen LogP contribution in [0.2, 0.25) is 0 Å². The SMILES string of the molecule is CC(C)(N)C(=O)N[C@H](CCc1ccccc1)C(=O)Nc1cn(C(C(=O)N2CCCC2)c2ccccc2)cn1. The quantitative estimate of drug-likeness (QED) is 0.383. The summed E-state index contributed by atoms with van der Waals surface area (Å²) in [5.74, 6) is -0.513. The molecular formula is C29H36N6O3. The highest BCUT2D eigenvalue weighted by molar-refractivity contribution is 5.98. The zero-order chi connectivity index (χ0) is 27.1. The Morgan fingerprint density at radius 3 is 2.26 bits per heavy atom. The summed E-state index contributed by atoms with van der Waals surface area (Å²) in [4.78, 5) is 45.6. The Hall–Kier alpha value is -3.98. The number of nitrogens with zero attached hydrogens (tertiary/aromatic N) is 3. The van der Waals surface area contributed by atoms with E-state index in [4.69, 9.17) is 5.73 Å². The summed E-state index contributed by atoms with van der Waals surface area (Å²) < 4.78 is 1.73. The van der Waals surface area contributed by atoms with Crippen molar-refractivity contribution in [1.82, 2.24) is 19.8 Å². The van der Waals surface area contributed by atoms with Crippen LogP contribution in [0.15, 0.2) is 73.2 Å². The van der Waals surface area contributed by atoms with Gasteiger partial charge in [-0.05, 0) is 50.7 Å². The number of aromatic nitrogens is 2. The van der Waals surface area contributed by atoms with Crippen LogP contribution in [0.4, 0.5) is 5.82 Å². The van der Waals surface area contributed by atoms with Gasteiger partial charge in [0.05, 0.1) is 11.9 Å². The Kier molecular flexibility index (Phi) is 8.58. The van der Waals surface area contributed by atoms with Crippen LogP contribution < -0.4 is 16.4 Å². The maximum Gasteiger partial charge on any atom is 0.250 e. The molecule has 3 amide bonds. The van der Waals surface area contributed by atoms with E-state index in [-0.39, 0.29) is 5.91 Å². The molecule has 0 aliphatic carbocycles. The van der Waals surface area contributed by atoms with Gasteiger partial charge in [0.15, 0.2) is 5.82 Å². The van der Waals surface area contributed by atoms with Gasteiger partial charge in [-0.2, -0.15) is 0 Å². The molecular weight excluding hydrogens is 480 g/mol. The van der Waals surface area contributed by atoms with Gasteiger partial charge in [-0.15, -0.1) is 0 Å². The minimum atomic E-state index is -1.13. The second kappa shape index (κ2) is 12.0. The lowest BCUT2D eigenvalue weighted by atomic mass is 10.0. The fraction of sp³-hybridized carbons (Fsp3) is 0.379. The van der Waals surface area contributed by atoms with Gasteiger partial charge in [0.1, 0.15) is 12.1 Å². The van der Waals surface area contributed by atoms with Crippen LogP contribution in [-0.4, -0.2) is 56.8 Å². The Labute approximate surface area is 223 Å². The van der Waals surface area contributed by atoms with Crippen molar-refractivity contribution < 1.29 is 14.4 Å². The van der Waals surface area contributed by atoms with Crippen molar-refractivity contribution in [2.45, 2.75) is 57.2 Å². The maximum atomic E-state index is 13.5. The number of benzene rings is 2. The summed E-state index contributed by atoms with van der Waals surface area (Å²) in [5, 5.41) is 5.61. The highest BCUT2D eigenvalue weighted by Crippen LogP contribution is 2.24. The van der Waals surface area contributed by atoms with Crippen LogP contribution >= 0.6 is 0 Å². The summed E-state index contributed by atoms with van der Waals surface area (Å²) in [6, 6.07) is 17.9. The number of nitrogens with two attached hydrogens (primary N) is 1. The van der Waals surface area contributed by atoms with Gasteiger partial charge in [-0.1, -0.05) is 60.7 Å². The van der Waals surface area contributed by atoms with Crippen molar-refractivity contribution in [1.29, 1.82) is 0 Å². The molecule has 1 fully saturated rings. The van der Waals surface area contributed by atoms with E-state index >= 15 is 0 Å². The topological polar surface area (TPSA) is 122 Å². The zero-order valence-corrected chi connectivity index (χ0v) is 22.0. The predicted molar refractivity (Wildman–Crippen MR) is 146 cm³/mol. The molecule has 1 aromatic heterocycles. The van der Waals surface area contributed by atoms with Crippen LogP contribution in [0.5, 0.6) is 0 Å². The summed E-state index contributed by atoms with van der Waals surface area (Å²) in [6.07, 6.45) is 6.19. The minimum absolute atomic E-state index is 0.00200. The standard InChI is InChI=1S/C29H36N6O3/c1-29(2,30)28(38)32-23(16-15-21-11-5-3-6-12-21)26(36)33-24-19-35(20-31-24)25(22-13-7-4-8-14-22)27(37)34-17-9-10-18-34/h3-8,11-14,19-20,23,25H,9-10,15-18,30H2,1-2H3,(H,32,38)(H,33,36)/t23-,25?/m1/s1. The van der Waals surface area contributed by atoms with Gasteiger partial charge >= 0.3 is 0 Å². The van der Waals surface area contributed by atoms with Gasteiger partial charge in [0.25, 0.3) is 0 Å². The largest absolute Gasteiger partial charge is 0.343 e. The number of nitrogens with one attached hydrogen (secondary N) is 2. The molecule has 2 atom stereocenters. The summed E-state index contributed by atoms with van der Waals surface area (Å²) in [5.41, 5.74) is 6.73. The number of amides is 3. The summed E-state index contributed by atoms with van der Waals surface area (Å²) in [7, 11) is 0. The van der Waals surface area contributed by atoms with Crippen molar-refractivity contribution in [2.75, 3.05) is 18.4 Å². The first-order valence-electron chi connectivity index (χ1n) is 13.0. The molecule has 9 heteroatoms. The second-order valence-corrected chi connectivity index (χ2v) is 10.3. The van der Waals surface area contributed by atoms with Gasteiger partial charge in [-0.3, -0.25) is 14.4 Å². The zero-order valence-electron chi connectivity index (χ0n) is 22.0. The fourth-order valence-electron chi connectivity index (χ4n) is 4.51. The van der Waals surface area contributed by atoms with E-state index in [2.05, 4.69) is 15.6 Å². The average Bonchev–Trinajstić information content (AvgIpc) is 3.60. The first-order valence-corrected chi connectivity index (χ1v) is 13.0. The number of carbonyl (C=O) groups is 3. The van der Waals surface area contributed by atoms with Crippen LogP contribution in [0, 0.1) is 0 Å². The normalized spacial score (nSPS) is 15.1. The Balaban J connectivity index is 1.52. The Morgan fingerprint density at radius 1 is 1.00 bits per heavy atom. The smallest absolute Gasteiger partial charge is 0.250 e. The molecule has 2 aromatic carbocycles. The van der Waals surface area contributed by atoms with E-state index in [9.17, 15) is 14.4 Å². The van der Waals surface area contributed by atoms with Crippen LogP contribution in [0.25, 0.3) is 0 Å². The van der Waals surface area contributed by atoms with Crippen LogP contribution in [0.1, 0.15) is 50.3 Å². The molecule has 4 N–H and O–H groups in total. The van der Waals surface area contributed by atoms with Gasteiger partial charge in [0, 0.05) is 19.3 Å². The van der Waals surface area contributed by atoms with Gasteiger partial charge in [0.2, 0.25) is 17.7 Å². The number of rotatable bonds is 10. The number of hydrogen-bond acceptors (Lipinski definition) is 5. The van der Waals surface area contributed by atoms with Gasteiger partial charge in [-0.25, -0.2) is 4.98 Å². The Bertz CT molecular complexity index is 1230. The molecule has 0 saturated carbocycles. The minimum Gasteiger partial charge on any atom is -0.343 e. The fourth-order valence-corrected chi connectivity index (χ4v) is 4.51. The molecule has 9 nitrogen and oxygen atoms in total. The number of likely N-dealkylation sites (tertiary alicyclic amines) is 1. The monoisotopic (exact) mass is 516 g/mol. The number of aryl methyl sites for hydroxylation is 1. The number of carbonyl (C=O) groups excluding carboxylic acids is 3. The van der Waals surface area contributed by atoms with Crippen molar-refractivity contribution >= 4 is 23.5 Å². The van der Waals surface area contributed by atoms with Gasteiger partial charge < -0.3 is 25.8 Å². The molecule has 4 rings (SSSR count). The molecule has 1 aliphatic heterocycles. The predicted octanol–water partition coefficient (Wildman–Crippen LogP) is 2.89. The molecule has 0 radical (unpaired) electrons. The molecule has 0 bridgehead atoms. The molecule has 38 heavy (non-hydrogen) atoms. The van der Waals surface area contributed by atoms with E-state index in [1.54, 1.807) is 30.9 Å². The highest BCUT2D eigenvalue weighted by Gasteiger charge is 2.31. The highest BCUT2D eigenvalue weighted by atomic mass is 16.2. The first kappa shape index (κ1) is 27.1. The third-order valence-electron chi connectivity index (χ3n) is 6.69. The number of anilines is 1. The lowest BCUT2D eigenvalue weighted by Crippen LogP contribution is -2.55. The lowest BCUT2D eigenvalue weighted by Gasteiger charge is -2.24. The number of imidazole rings is 1. The third-order valence-corrected chi connectivity index (χ3v) is 6.69. The first-order chi connectivity index (χ1) is 18.2. The van der Waals surface area contributed by atoms with E-state index in [0.717, 1.165) is 37.1 Å². The van der Waals surface area contributed by atoms with E-state index < -0.39 is 29.4 Å². The van der Waals surface area contributed by atoms with Crippen LogP contribution in [-0.2, 0) is 20.8 Å².